The lowest BCUT2D eigenvalue weighted by Crippen LogP contribution is -2.31. The van der Waals surface area contributed by atoms with Gasteiger partial charge in [0.1, 0.15) is 0 Å². The standard InChI is InChI=1S/C21H18BrNO4/c22-14-11-9-13(10-12-14)21(26)27-18-8-4-3-7-17(18)23-19(24)15-5-1-2-6-16(15)20(23)25/h3-4,7-12,15-16H,1-2,5-6H2/t15-,16-/m0/s1. The molecule has 27 heavy (non-hydrogen) atoms. The topological polar surface area (TPSA) is 63.7 Å². The molecular formula is C21H18BrNO4. The predicted octanol–water partition coefficient (Wildman–Crippen LogP) is 4.35. The summed E-state index contributed by atoms with van der Waals surface area (Å²) in [7, 11) is 0. The summed E-state index contributed by atoms with van der Waals surface area (Å²) >= 11 is 3.33. The molecule has 2 atom stereocenters. The van der Waals surface area contributed by atoms with E-state index in [1.807, 2.05) is 0 Å². The molecule has 1 heterocycles. The van der Waals surface area contributed by atoms with Crippen LogP contribution >= 0.6 is 15.9 Å². The quantitative estimate of drug-likeness (QED) is 0.414. The van der Waals surface area contributed by atoms with Gasteiger partial charge in [-0.05, 0) is 49.2 Å². The fraction of sp³-hybridized carbons (Fsp3) is 0.286. The van der Waals surface area contributed by atoms with Gasteiger partial charge in [-0.1, -0.05) is 40.9 Å². The second-order valence-electron chi connectivity index (χ2n) is 6.87. The largest absolute Gasteiger partial charge is 0.421 e. The highest BCUT2D eigenvalue weighted by Gasteiger charge is 2.49. The average Bonchev–Trinajstić information content (AvgIpc) is 2.94. The van der Waals surface area contributed by atoms with Gasteiger partial charge in [-0.15, -0.1) is 0 Å². The number of rotatable bonds is 3. The SMILES string of the molecule is O=C(Oc1ccccc1N1C(=O)[C@H]2CCCC[C@@H]2C1=O)c1ccc(Br)cc1. The molecule has 2 aromatic carbocycles. The number of ether oxygens (including phenoxy) is 1. The first-order valence-corrected chi connectivity index (χ1v) is 9.80. The molecule has 0 N–H and O–H groups in total. The van der Waals surface area contributed by atoms with Gasteiger partial charge in [-0.2, -0.15) is 0 Å². The van der Waals surface area contributed by atoms with Crippen LogP contribution < -0.4 is 9.64 Å². The van der Waals surface area contributed by atoms with Gasteiger partial charge in [0.25, 0.3) is 0 Å². The Hall–Kier alpha value is -2.47. The summed E-state index contributed by atoms with van der Waals surface area (Å²) in [5.41, 5.74) is 0.730. The Labute approximate surface area is 165 Å². The van der Waals surface area contributed by atoms with Gasteiger partial charge in [0.15, 0.2) is 5.75 Å². The smallest absolute Gasteiger partial charge is 0.343 e. The highest BCUT2D eigenvalue weighted by Crippen LogP contribution is 2.42. The van der Waals surface area contributed by atoms with Crippen LogP contribution in [0.15, 0.2) is 53.0 Å². The van der Waals surface area contributed by atoms with E-state index in [1.54, 1.807) is 48.5 Å². The molecule has 2 aromatic rings. The fourth-order valence-electron chi connectivity index (χ4n) is 3.87. The molecule has 1 aliphatic carbocycles. The van der Waals surface area contributed by atoms with Crippen molar-refractivity contribution in [2.24, 2.45) is 11.8 Å². The summed E-state index contributed by atoms with van der Waals surface area (Å²) in [5.74, 6) is -1.19. The first-order chi connectivity index (χ1) is 13.1. The minimum Gasteiger partial charge on any atom is -0.421 e. The Balaban J connectivity index is 1.63. The highest BCUT2D eigenvalue weighted by atomic mass is 79.9. The van der Waals surface area contributed by atoms with Crippen molar-refractivity contribution in [3.63, 3.8) is 0 Å². The summed E-state index contributed by atoms with van der Waals surface area (Å²) in [6.07, 6.45) is 3.42. The van der Waals surface area contributed by atoms with Crippen molar-refractivity contribution in [1.82, 2.24) is 0 Å². The molecule has 0 spiro atoms. The molecule has 0 radical (unpaired) electrons. The van der Waals surface area contributed by atoms with Crippen LogP contribution in [0.25, 0.3) is 0 Å². The number of imide groups is 1. The average molecular weight is 428 g/mol. The van der Waals surface area contributed by atoms with Crippen LogP contribution in [0.2, 0.25) is 0 Å². The van der Waals surface area contributed by atoms with E-state index >= 15 is 0 Å². The number of hydrogen-bond donors (Lipinski definition) is 0. The molecule has 6 heteroatoms. The number of fused-ring (bicyclic) bond motifs is 1. The van der Waals surface area contributed by atoms with Crippen molar-refractivity contribution in [3.8, 4) is 5.75 Å². The van der Waals surface area contributed by atoms with Crippen LogP contribution in [-0.2, 0) is 9.59 Å². The minimum atomic E-state index is -0.536. The van der Waals surface area contributed by atoms with Crippen molar-refractivity contribution < 1.29 is 19.1 Å². The zero-order chi connectivity index (χ0) is 19.0. The van der Waals surface area contributed by atoms with Gasteiger partial charge in [-0.3, -0.25) is 9.59 Å². The van der Waals surface area contributed by atoms with Gasteiger partial charge in [-0.25, -0.2) is 9.69 Å². The third kappa shape index (κ3) is 3.30. The molecule has 5 nitrogen and oxygen atoms in total. The Kier molecular flexibility index (Phi) is 4.83. The molecule has 2 fully saturated rings. The van der Waals surface area contributed by atoms with Crippen LogP contribution in [0.3, 0.4) is 0 Å². The number of halogens is 1. The fourth-order valence-corrected chi connectivity index (χ4v) is 4.14. The summed E-state index contributed by atoms with van der Waals surface area (Å²) in [5, 5.41) is 0. The van der Waals surface area contributed by atoms with Crippen LogP contribution in [0.5, 0.6) is 5.75 Å². The Morgan fingerprint density at radius 3 is 2.15 bits per heavy atom. The maximum Gasteiger partial charge on any atom is 0.343 e. The molecule has 138 valence electrons. The second kappa shape index (κ2) is 7.27. The molecular weight excluding hydrogens is 410 g/mol. The summed E-state index contributed by atoms with van der Waals surface area (Å²) in [6.45, 7) is 0. The van der Waals surface area contributed by atoms with E-state index in [4.69, 9.17) is 4.74 Å². The van der Waals surface area contributed by atoms with E-state index in [1.165, 1.54) is 4.90 Å². The lowest BCUT2D eigenvalue weighted by atomic mass is 9.81. The van der Waals surface area contributed by atoms with Gasteiger partial charge >= 0.3 is 5.97 Å². The van der Waals surface area contributed by atoms with Gasteiger partial charge in [0.2, 0.25) is 11.8 Å². The zero-order valence-electron chi connectivity index (χ0n) is 14.6. The molecule has 1 aliphatic heterocycles. The number of benzene rings is 2. The van der Waals surface area contributed by atoms with Crippen molar-refractivity contribution in [2.45, 2.75) is 25.7 Å². The maximum atomic E-state index is 12.9. The van der Waals surface area contributed by atoms with E-state index in [0.717, 1.165) is 30.2 Å². The predicted molar refractivity (Wildman–Crippen MR) is 103 cm³/mol. The molecule has 2 amide bonds. The van der Waals surface area contributed by atoms with Gasteiger partial charge in [0, 0.05) is 4.47 Å². The second-order valence-corrected chi connectivity index (χ2v) is 7.79. The third-order valence-corrected chi connectivity index (χ3v) is 5.76. The molecule has 0 unspecified atom stereocenters. The van der Waals surface area contributed by atoms with Gasteiger partial charge < -0.3 is 4.74 Å². The molecule has 4 rings (SSSR count). The number of amides is 2. The lowest BCUT2D eigenvalue weighted by Gasteiger charge is -2.19. The van der Waals surface area contributed by atoms with E-state index in [9.17, 15) is 14.4 Å². The number of esters is 1. The number of carbonyl (C=O) groups excluding carboxylic acids is 3. The Morgan fingerprint density at radius 2 is 1.52 bits per heavy atom. The molecule has 0 aromatic heterocycles. The van der Waals surface area contributed by atoms with Gasteiger partial charge in [0.05, 0.1) is 23.1 Å². The molecule has 1 saturated carbocycles. The van der Waals surface area contributed by atoms with E-state index in [0.29, 0.717) is 11.3 Å². The number of hydrogen-bond acceptors (Lipinski definition) is 4. The monoisotopic (exact) mass is 427 g/mol. The number of para-hydroxylation sites is 2. The summed E-state index contributed by atoms with van der Waals surface area (Å²) in [6, 6.07) is 13.5. The van der Waals surface area contributed by atoms with Crippen molar-refractivity contribution >= 4 is 39.4 Å². The summed E-state index contributed by atoms with van der Waals surface area (Å²) < 4.78 is 6.39. The Bertz CT molecular complexity index is 885. The minimum absolute atomic E-state index is 0.183. The van der Waals surface area contributed by atoms with Crippen LogP contribution in [0, 0.1) is 11.8 Å². The first kappa shape index (κ1) is 17.9. The molecule has 1 saturated heterocycles. The van der Waals surface area contributed by atoms with Crippen molar-refractivity contribution in [1.29, 1.82) is 0 Å². The van der Waals surface area contributed by atoms with Crippen LogP contribution in [0.4, 0.5) is 5.69 Å². The number of anilines is 1. The van der Waals surface area contributed by atoms with Crippen LogP contribution in [-0.4, -0.2) is 17.8 Å². The zero-order valence-corrected chi connectivity index (χ0v) is 16.1. The lowest BCUT2D eigenvalue weighted by molar-refractivity contribution is -0.122. The van der Waals surface area contributed by atoms with E-state index in [-0.39, 0.29) is 29.4 Å². The maximum absolute atomic E-state index is 12.9. The normalized spacial score (nSPS) is 21.9. The molecule has 2 aliphatic rings. The van der Waals surface area contributed by atoms with Crippen molar-refractivity contribution in [2.75, 3.05) is 4.90 Å². The van der Waals surface area contributed by atoms with Crippen molar-refractivity contribution in [3.05, 3.63) is 58.6 Å². The molecule has 0 bridgehead atoms. The number of nitrogens with zero attached hydrogens (tertiary/aromatic N) is 1. The van der Waals surface area contributed by atoms with E-state index < -0.39 is 5.97 Å². The summed E-state index contributed by atoms with van der Waals surface area (Å²) in [4.78, 5) is 39.4. The highest BCUT2D eigenvalue weighted by molar-refractivity contribution is 9.10. The third-order valence-electron chi connectivity index (χ3n) is 5.23. The number of carbonyl (C=O) groups is 3. The van der Waals surface area contributed by atoms with E-state index in [2.05, 4.69) is 15.9 Å². The first-order valence-electron chi connectivity index (χ1n) is 9.01. The Morgan fingerprint density at radius 1 is 0.926 bits per heavy atom. The van der Waals surface area contributed by atoms with Crippen LogP contribution in [0.1, 0.15) is 36.0 Å².